The summed E-state index contributed by atoms with van der Waals surface area (Å²) in [5, 5.41) is 3.88. The second-order valence-corrected chi connectivity index (χ2v) is 10.5. The molecule has 2 unspecified atom stereocenters. The number of sulfone groups is 1. The minimum absolute atomic E-state index is 0.251. The van der Waals surface area contributed by atoms with Gasteiger partial charge in [0.25, 0.3) is 0 Å². The van der Waals surface area contributed by atoms with Crippen LogP contribution in [0.15, 0.2) is 35.6 Å². The molecule has 0 aromatic carbocycles. The van der Waals surface area contributed by atoms with Crippen molar-refractivity contribution >= 4 is 33.2 Å². The van der Waals surface area contributed by atoms with Crippen molar-refractivity contribution in [3.8, 4) is 0 Å². The molecule has 156 valence electrons. The van der Waals surface area contributed by atoms with Gasteiger partial charge < -0.3 is 10.2 Å². The predicted octanol–water partition coefficient (Wildman–Crippen LogP) is 3.28. The Bertz CT molecular complexity index is 928. The van der Waals surface area contributed by atoms with Crippen molar-refractivity contribution in [3.05, 3.63) is 35.7 Å². The van der Waals surface area contributed by atoms with E-state index >= 15 is 0 Å². The Morgan fingerprint density at radius 1 is 1.14 bits per heavy atom. The molecule has 9 heteroatoms. The lowest BCUT2D eigenvalue weighted by atomic mass is 9.90. The van der Waals surface area contributed by atoms with Gasteiger partial charge in [0.05, 0.1) is 22.3 Å². The Labute approximate surface area is 176 Å². The monoisotopic (exact) mass is 435 g/mol. The van der Waals surface area contributed by atoms with E-state index in [1.807, 2.05) is 0 Å². The van der Waals surface area contributed by atoms with Crippen LogP contribution in [0, 0.1) is 17.8 Å². The molecule has 2 atom stereocenters. The highest BCUT2D eigenvalue weighted by Crippen LogP contribution is 2.49. The number of aromatic nitrogens is 3. The maximum Gasteiger partial charge on any atom is 0.225 e. The van der Waals surface area contributed by atoms with E-state index in [0.29, 0.717) is 5.02 Å². The third-order valence-corrected chi connectivity index (χ3v) is 7.29. The van der Waals surface area contributed by atoms with E-state index < -0.39 is 9.84 Å². The van der Waals surface area contributed by atoms with E-state index in [2.05, 4.69) is 25.2 Å². The van der Waals surface area contributed by atoms with Crippen LogP contribution in [0.1, 0.15) is 25.7 Å². The molecule has 4 rings (SSSR count). The van der Waals surface area contributed by atoms with Gasteiger partial charge in [-0.05, 0) is 55.6 Å². The number of halogens is 1. The molecule has 1 aliphatic carbocycles. The first-order valence-corrected chi connectivity index (χ1v) is 12.3. The zero-order chi connectivity index (χ0) is 20.4. The number of hydrogen-bond donors (Lipinski definition) is 1. The third kappa shape index (κ3) is 5.17. The molecule has 0 amide bonds. The zero-order valence-electron chi connectivity index (χ0n) is 16.5. The number of hydrogen-bond acceptors (Lipinski definition) is 7. The van der Waals surface area contributed by atoms with Gasteiger partial charge in [-0.25, -0.2) is 23.4 Å². The van der Waals surface area contributed by atoms with Crippen molar-refractivity contribution < 1.29 is 8.42 Å². The highest BCUT2D eigenvalue weighted by molar-refractivity contribution is 7.90. The van der Waals surface area contributed by atoms with Gasteiger partial charge in [-0.3, -0.25) is 0 Å². The lowest BCUT2D eigenvalue weighted by Gasteiger charge is -2.32. The summed E-state index contributed by atoms with van der Waals surface area (Å²) in [6, 6.07) is 3.33. The maximum absolute atomic E-state index is 11.5. The highest BCUT2D eigenvalue weighted by Gasteiger charge is 2.43. The van der Waals surface area contributed by atoms with Crippen LogP contribution in [0.25, 0.3) is 0 Å². The summed E-state index contributed by atoms with van der Waals surface area (Å²) in [4.78, 5) is 15.3. The average molecular weight is 436 g/mol. The molecule has 2 fully saturated rings. The van der Waals surface area contributed by atoms with Gasteiger partial charge in [0.2, 0.25) is 5.95 Å². The summed E-state index contributed by atoms with van der Waals surface area (Å²) in [7, 11) is -3.19. The van der Waals surface area contributed by atoms with E-state index in [1.165, 1.54) is 31.7 Å². The first kappa shape index (κ1) is 20.3. The molecule has 0 radical (unpaired) electrons. The lowest BCUT2D eigenvalue weighted by Crippen LogP contribution is -2.35. The summed E-state index contributed by atoms with van der Waals surface area (Å²) in [6.45, 7) is 2.87. The largest absolute Gasteiger partial charge is 0.370 e. The van der Waals surface area contributed by atoms with Crippen molar-refractivity contribution in [2.45, 2.75) is 30.6 Å². The molecule has 2 aliphatic rings. The van der Waals surface area contributed by atoms with Gasteiger partial charge in [0.1, 0.15) is 5.82 Å². The summed E-state index contributed by atoms with van der Waals surface area (Å²) >= 11 is 5.87. The van der Waals surface area contributed by atoms with Crippen LogP contribution in [0.4, 0.5) is 11.8 Å². The van der Waals surface area contributed by atoms with Crippen molar-refractivity contribution in [2.24, 2.45) is 17.8 Å². The molecule has 0 spiro atoms. The zero-order valence-corrected chi connectivity index (χ0v) is 18.0. The third-order valence-electron chi connectivity index (χ3n) is 6.00. The van der Waals surface area contributed by atoms with Crippen LogP contribution in [0.5, 0.6) is 0 Å². The SMILES string of the molecule is CS(=O)(=O)c1ccc(NCCC2CC2C2CCN(c3ncc(Cl)cn3)CC2)nc1. The number of nitrogens with zero attached hydrogens (tertiary/aromatic N) is 4. The summed E-state index contributed by atoms with van der Waals surface area (Å²) in [5.41, 5.74) is 0. The number of anilines is 2. The molecular formula is C20H26ClN5O2S. The van der Waals surface area contributed by atoms with Gasteiger partial charge in [-0.1, -0.05) is 11.6 Å². The van der Waals surface area contributed by atoms with Crippen molar-refractivity contribution in [2.75, 3.05) is 36.1 Å². The van der Waals surface area contributed by atoms with Crippen LogP contribution < -0.4 is 10.2 Å². The van der Waals surface area contributed by atoms with Gasteiger partial charge in [-0.15, -0.1) is 0 Å². The topological polar surface area (TPSA) is 88.1 Å². The van der Waals surface area contributed by atoms with E-state index in [1.54, 1.807) is 24.5 Å². The molecule has 1 saturated heterocycles. The highest BCUT2D eigenvalue weighted by atomic mass is 35.5. The standard InChI is InChI=1S/C20H26ClN5O2S/c1-29(27,28)17-2-3-19(23-13-17)22-7-4-15-10-18(15)14-5-8-26(9-6-14)20-24-11-16(21)12-25-20/h2-3,11-15,18H,4-10H2,1H3,(H,22,23). The molecule has 1 saturated carbocycles. The average Bonchev–Trinajstić information content (AvgIpc) is 3.48. The van der Waals surface area contributed by atoms with Crippen LogP contribution in [0.2, 0.25) is 5.02 Å². The van der Waals surface area contributed by atoms with Crippen LogP contribution in [-0.2, 0) is 9.84 Å². The summed E-state index contributed by atoms with van der Waals surface area (Å²) in [5.74, 6) is 3.90. The summed E-state index contributed by atoms with van der Waals surface area (Å²) in [6.07, 6.45) is 10.7. The number of nitrogens with one attached hydrogen (secondary N) is 1. The van der Waals surface area contributed by atoms with E-state index in [9.17, 15) is 8.42 Å². The van der Waals surface area contributed by atoms with Crippen molar-refractivity contribution in [1.29, 1.82) is 0 Å². The molecule has 7 nitrogen and oxygen atoms in total. The van der Waals surface area contributed by atoms with Gasteiger partial charge in [-0.2, -0.15) is 0 Å². The predicted molar refractivity (Wildman–Crippen MR) is 114 cm³/mol. The normalized spacial score (nSPS) is 22.5. The number of rotatable bonds is 7. The molecule has 3 heterocycles. The van der Waals surface area contributed by atoms with Crippen molar-refractivity contribution in [1.82, 2.24) is 15.0 Å². The number of pyridine rings is 1. The van der Waals surface area contributed by atoms with Crippen LogP contribution in [0.3, 0.4) is 0 Å². The van der Waals surface area contributed by atoms with Gasteiger partial charge in [0, 0.05) is 32.1 Å². The molecule has 29 heavy (non-hydrogen) atoms. The Hall–Kier alpha value is -1.93. The van der Waals surface area contributed by atoms with Crippen molar-refractivity contribution in [3.63, 3.8) is 0 Å². The quantitative estimate of drug-likeness (QED) is 0.713. The first-order valence-electron chi connectivity index (χ1n) is 10.0. The van der Waals surface area contributed by atoms with Gasteiger partial charge in [0.15, 0.2) is 9.84 Å². The molecule has 1 N–H and O–H groups in total. The van der Waals surface area contributed by atoms with Crippen LogP contribution >= 0.6 is 11.6 Å². The Kier molecular flexibility index (Phi) is 5.92. The molecule has 1 aliphatic heterocycles. The Morgan fingerprint density at radius 3 is 2.48 bits per heavy atom. The molecular weight excluding hydrogens is 410 g/mol. The fourth-order valence-corrected chi connectivity index (χ4v) is 4.92. The smallest absolute Gasteiger partial charge is 0.225 e. The second kappa shape index (κ2) is 8.44. The molecule has 0 bridgehead atoms. The Morgan fingerprint density at radius 2 is 1.86 bits per heavy atom. The number of piperidine rings is 1. The minimum Gasteiger partial charge on any atom is -0.370 e. The fraction of sp³-hybridized carbons (Fsp3) is 0.550. The lowest BCUT2D eigenvalue weighted by molar-refractivity contribution is 0.343. The van der Waals surface area contributed by atoms with E-state index in [-0.39, 0.29) is 4.90 Å². The first-order chi connectivity index (χ1) is 13.9. The van der Waals surface area contributed by atoms with Gasteiger partial charge >= 0.3 is 0 Å². The summed E-state index contributed by atoms with van der Waals surface area (Å²) < 4.78 is 23.0. The second-order valence-electron chi connectivity index (χ2n) is 8.05. The van der Waals surface area contributed by atoms with E-state index in [0.717, 1.165) is 55.6 Å². The molecule has 2 aromatic heterocycles. The minimum atomic E-state index is -3.19. The maximum atomic E-state index is 11.5. The molecule has 2 aromatic rings. The van der Waals surface area contributed by atoms with E-state index in [4.69, 9.17) is 11.6 Å². The van der Waals surface area contributed by atoms with Crippen LogP contribution in [-0.4, -0.2) is 49.3 Å². The fourth-order valence-electron chi connectivity index (χ4n) is 4.27. The Balaban J connectivity index is 1.18.